The Kier molecular flexibility index (Phi) is 5.98. The highest BCUT2D eigenvalue weighted by Gasteiger charge is 2.30. The van der Waals surface area contributed by atoms with E-state index in [1.807, 2.05) is 0 Å². The number of ether oxygens (including phenoxy) is 2. The minimum Gasteiger partial charge on any atom is -0.497 e. The molecule has 8 heteroatoms. The van der Waals surface area contributed by atoms with Gasteiger partial charge in [-0.2, -0.15) is 0 Å². The molecule has 1 heterocycles. The summed E-state index contributed by atoms with van der Waals surface area (Å²) in [5, 5.41) is 5.50. The van der Waals surface area contributed by atoms with E-state index in [0.29, 0.717) is 42.4 Å². The number of nitrogens with one attached hydrogen (secondary N) is 2. The minimum atomic E-state index is -0.386. The number of amides is 3. The standard InChI is InChI=1S/C20H22FN3O4/c1-27-17-8-15(9-18(10-17)28-2)23-20(26)22-11-13-7-19(25)24(12-13)16-5-3-14(21)4-6-16/h3-6,8-10,13H,7,11-12H2,1-2H3,(H2,22,23,26)/t13-/m0/s1. The van der Waals surface area contributed by atoms with Crippen LogP contribution in [-0.2, 0) is 4.79 Å². The zero-order chi connectivity index (χ0) is 20.1. The molecule has 2 N–H and O–H groups in total. The third-order valence-electron chi connectivity index (χ3n) is 4.50. The van der Waals surface area contributed by atoms with Crippen LogP contribution in [0.1, 0.15) is 6.42 Å². The van der Waals surface area contributed by atoms with Crippen LogP contribution < -0.4 is 25.0 Å². The second kappa shape index (κ2) is 8.60. The number of urea groups is 1. The van der Waals surface area contributed by atoms with Crippen molar-refractivity contribution in [2.24, 2.45) is 5.92 Å². The van der Waals surface area contributed by atoms with Crippen LogP contribution in [0.25, 0.3) is 0 Å². The second-order valence-corrected chi connectivity index (χ2v) is 6.49. The Bertz CT molecular complexity index is 835. The molecule has 3 rings (SSSR count). The highest BCUT2D eigenvalue weighted by Crippen LogP contribution is 2.26. The maximum Gasteiger partial charge on any atom is 0.319 e. The number of halogens is 1. The van der Waals surface area contributed by atoms with Crippen LogP contribution in [0, 0.1) is 11.7 Å². The van der Waals surface area contributed by atoms with Gasteiger partial charge in [-0.1, -0.05) is 0 Å². The lowest BCUT2D eigenvalue weighted by atomic mass is 10.1. The van der Waals surface area contributed by atoms with Crippen LogP contribution in [-0.4, -0.2) is 39.2 Å². The van der Waals surface area contributed by atoms with Crippen molar-refractivity contribution in [2.45, 2.75) is 6.42 Å². The van der Waals surface area contributed by atoms with Crippen molar-refractivity contribution in [1.29, 1.82) is 0 Å². The fraction of sp³-hybridized carbons (Fsp3) is 0.300. The molecule has 0 radical (unpaired) electrons. The fourth-order valence-electron chi connectivity index (χ4n) is 3.08. The van der Waals surface area contributed by atoms with E-state index in [1.165, 1.54) is 26.4 Å². The van der Waals surface area contributed by atoms with E-state index in [-0.39, 0.29) is 23.7 Å². The lowest BCUT2D eigenvalue weighted by Gasteiger charge is -2.17. The topological polar surface area (TPSA) is 79.9 Å². The SMILES string of the molecule is COc1cc(NC(=O)NC[C@@H]2CC(=O)N(c3ccc(F)cc3)C2)cc(OC)c1. The quantitative estimate of drug-likeness (QED) is 0.799. The average molecular weight is 387 g/mol. The number of hydrogen-bond donors (Lipinski definition) is 2. The molecule has 1 saturated heterocycles. The summed E-state index contributed by atoms with van der Waals surface area (Å²) in [6.45, 7) is 0.814. The van der Waals surface area contributed by atoms with Crippen LogP contribution >= 0.6 is 0 Å². The number of carbonyl (C=O) groups is 2. The minimum absolute atomic E-state index is 0.0249. The molecule has 1 aliphatic rings. The number of nitrogens with zero attached hydrogens (tertiary/aromatic N) is 1. The molecule has 28 heavy (non-hydrogen) atoms. The molecule has 7 nitrogen and oxygen atoms in total. The summed E-state index contributed by atoms with van der Waals surface area (Å²) < 4.78 is 23.4. The zero-order valence-corrected chi connectivity index (χ0v) is 15.7. The Balaban J connectivity index is 1.54. The van der Waals surface area contributed by atoms with Gasteiger partial charge in [-0.15, -0.1) is 0 Å². The molecular weight excluding hydrogens is 365 g/mol. The Morgan fingerprint density at radius 3 is 2.39 bits per heavy atom. The second-order valence-electron chi connectivity index (χ2n) is 6.49. The van der Waals surface area contributed by atoms with Crippen molar-refractivity contribution in [3.8, 4) is 11.5 Å². The first-order valence-corrected chi connectivity index (χ1v) is 8.82. The number of benzene rings is 2. The van der Waals surface area contributed by atoms with E-state index in [0.717, 1.165) is 0 Å². The summed E-state index contributed by atoms with van der Waals surface area (Å²) in [5.74, 6) is 0.705. The maximum absolute atomic E-state index is 13.1. The largest absolute Gasteiger partial charge is 0.497 e. The van der Waals surface area contributed by atoms with E-state index in [2.05, 4.69) is 10.6 Å². The number of anilines is 2. The lowest BCUT2D eigenvalue weighted by Crippen LogP contribution is -2.34. The molecular formula is C20H22FN3O4. The fourth-order valence-corrected chi connectivity index (χ4v) is 3.08. The summed E-state index contributed by atoms with van der Waals surface area (Å²) in [6, 6.07) is 10.5. The van der Waals surface area contributed by atoms with E-state index < -0.39 is 0 Å². The van der Waals surface area contributed by atoms with Crippen LogP contribution in [0.15, 0.2) is 42.5 Å². The molecule has 0 saturated carbocycles. The average Bonchev–Trinajstić information content (AvgIpc) is 3.07. The Morgan fingerprint density at radius 2 is 1.79 bits per heavy atom. The normalized spacial score (nSPS) is 16.0. The van der Waals surface area contributed by atoms with Crippen LogP contribution in [0.5, 0.6) is 11.5 Å². The molecule has 2 aromatic rings. The van der Waals surface area contributed by atoms with E-state index in [1.54, 1.807) is 35.2 Å². The molecule has 148 valence electrons. The molecule has 0 bridgehead atoms. The molecule has 2 aromatic carbocycles. The zero-order valence-electron chi connectivity index (χ0n) is 15.7. The van der Waals surface area contributed by atoms with Gasteiger partial charge in [0.15, 0.2) is 0 Å². The highest BCUT2D eigenvalue weighted by molar-refractivity contribution is 5.96. The maximum atomic E-state index is 13.1. The molecule has 3 amide bonds. The van der Waals surface area contributed by atoms with Gasteiger partial charge in [-0.3, -0.25) is 4.79 Å². The van der Waals surface area contributed by atoms with E-state index in [9.17, 15) is 14.0 Å². The molecule has 0 aromatic heterocycles. The summed E-state index contributed by atoms with van der Waals surface area (Å²) in [4.78, 5) is 26.0. The first-order valence-electron chi connectivity index (χ1n) is 8.82. The Morgan fingerprint density at radius 1 is 1.14 bits per heavy atom. The van der Waals surface area contributed by atoms with Crippen LogP contribution in [0.4, 0.5) is 20.6 Å². The summed E-state index contributed by atoms with van der Waals surface area (Å²) >= 11 is 0. The van der Waals surface area contributed by atoms with Gasteiger partial charge in [0.25, 0.3) is 0 Å². The summed E-state index contributed by atoms with van der Waals surface area (Å²) in [5.41, 5.74) is 1.19. The predicted octanol–water partition coefficient (Wildman–Crippen LogP) is 3.02. The molecule has 0 unspecified atom stereocenters. The Hall–Kier alpha value is -3.29. The van der Waals surface area contributed by atoms with Crippen LogP contribution in [0.2, 0.25) is 0 Å². The number of hydrogen-bond acceptors (Lipinski definition) is 4. The predicted molar refractivity (Wildman–Crippen MR) is 103 cm³/mol. The first-order chi connectivity index (χ1) is 13.5. The third kappa shape index (κ3) is 4.70. The van der Waals surface area contributed by atoms with Crippen molar-refractivity contribution in [3.63, 3.8) is 0 Å². The van der Waals surface area contributed by atoms with Crippen molar-refractivity contribution in [2.75, 3.05) is 37.5 Å². The van der Waals surface area contributed by atoms with Gasteiger partial charge >= 0.3 is 6.03 Å². The lowest BCUT2D eigenvalue weighted by molar-refractivity contribution is -0.117. The van der Waals surface area contributed by atoms with E-state index in [4.69, 9.17) is 9.47 Å². The van der Waals surface area contributed by atoms with Gasteiger partial charge in [-0.05, 0) is 24.3 Å². The molecule has 1 aliphatic heterocycles. The van der Waals surface area contributed by atoms with Crippen LogP contribution in [0.3, 0.4) is 0 Å². The number of rotatable bonds is 6. The molecule has 1 atom stereocenters. The van der Waals surface area contributed by atoms with Gasteiger partial charge in [0, 0.05) is 55.0 Å². The van der Waals surface area contributed by atoms with Crippen molar-refractivity contribution in [3.05, 3.63) is 48.3 Å². The van der Waals surface area contributed by atoms with Gasteiger partial charge in [-0.25, -0.2) is 9.18 Å². The smallest absolute Gasteiger partial charge is 0.319 e. The first kappa shape index (κ1) is 19.5. The van der Waals surface area contributed by atoms with Gasteiger partial charge < -0.3 is 25.0 Å². The highest BCUT2D eigenvalue weighted by atomic mass is 19.1. The van der Waals surface area contributed by atoms with Crippen molar-refractivity contribution >= 4 is 23.3 Å². The van der Waals surface area contributed by atoms with Gasteiger partial charge in [0.2, 0.25) is 5.91 Å². The van der Waals surface area contributed by atoms with Gasteiger partial charge in [0.05, 0.1) is 14.2 Å². The monoisotopic (exact) mass is 387 g/mol. The van der Waals surface area contributed by atoms with Crippen molar-refractivity contribution < 1.29 is 23.5 Å². The third-order valence-corrected chi connectivity index (χ3v) is 4.50. The number of carbonyl (C=O) groups excluding carboxylic acids is 2. The molecule has 0 aliphatic carbocycles. The molecule has 1 fully saturated rings. The summed E-state index contributed by atoms with van der Waals surface area (Å²) in [6.07, 6.45) is 0.324. The van der Waals surface area contributed by atoms with E-state index >= 15 is 0 Å². The van der Waals surface area contributed by atoms with Crippen molar-refractivity contribution in [1.82, 2.24) is 5.32 Å². The number of methoxy groups -OCH3 is 2. The molecule has 0 spiro atoms. The van der Waals surface area contributed by atoms with Gasteiger partial charge in [0.1, 0.15) is 17.3 Å². The Labute approximate surface area is 162 Å². The summed E-state index contributed by atoms with van der Waals surface area (Å²) in [7, 11) is 3.06.